The third-order valence-electron chi connectivity index (χ3n) is 2.77. The Morgan fingerprint density at radius 2 is 2.11 bits per heavy atom. The molecule has 0 spiro atoms. The van der Waals surface area contributed by atoms with Crippen molar-refractivity contribution in [1.29, 1.82) is 0 Å². The molecule has 5 nitrogen and oxygen atoms in total. The monoisotopic (exact) mass is 271 g/mol. The summed E-state index contributed by atoms with van der Waals surface area (Å²) in [6.07, 6.45) is 1.94. The summed E-state index contributed by atoms with van der Waals surface area (Å²) >= 11 is 1.49. The van der Waals surface area contributed by atoms with Gasteiger partial charge in [0.2, 0.25) is 5.16 Å². The van der Waals surface area contributed by atoms with E-state index in [1.54, 1.807) is 0 Å². The number of hydrogen-bond acceptors (Lipinski definition) is 5. The molecule has 0 saturated carbocycles. The van der Waals surface area contributed by atoms with Crippen LogP contribution in [-0.4, -0.2) is 19.6 Å². The average molecular weight is 271 g/mol. The van der Waals surface area contributed by atoms with E-state index in [1.165, 1.54) is 11.8 Å². The topological polar surface area (TPSA) is 69.1 Å². The summed E-state index contributed by atoms with van der Waals surface area (Å²) in [5, 5.41) is 10.0. The number of aromatic nitrogens is 4. The molecule has 0 radical (unpaired) electrons. The van der Waals surface area contributed by atoms with Crippen molar-refractivity contribution in [2.45, 2.75) is 23.7 Å². The van der Waals surface area contributed by atoms with Crippen LogP contribution >= 0.6 is 11.8 Å². The van der Waals surface area contributed by atoms with Gasteiger partial charge in [0.1, 0.15) is 5.03 Å². The second-order valence-corrected chi connectivity index (χ2v) is 5.09. The first-order chi connectivity index (χ1) is 9.28. The predicted molar refractivity (Wildman–Crippen MR) is 74.0 cm³/mol. The summed E-state index contributed by atoms with van der Waals surface area (Å²) in [5.41, 5.74) is 8.56. The highest BCUT2D eigenvalue weighted by atomic mass is 32.2. The minimum atomic E-state index is 0.465. The lowest BCUT2D eigenvalue weighted by Crippen LogP contribution is -2.01. The fourth-order valence-corrected chi connectivity index (χ4v) is 2.76. The molecule has 0 amide bonds. The van der Waals surface area contributed by atoms with Crippen LogP contribution in [0, 0.1) is 6.92 Å². The molecular formula is C13H13N5S. The van der Waals surface area contributed by atoms with Crippen LogP contribution in [0.1, 0.15) is 11.3 Å². The molecule has 0 aliphatic rings. The Morgan fingerprint density at radius 3 is 2.95 bits per heavy atom. The molecule has 96 valence electrons. The Morgan fingerprint density at radius 1 is 1.21 bits per heavy atom. The highest BCUT2D eigenvalue weighted by molar-refractivity contribution is 7.99. The molecule has 0 fully saturated rings. The number of fused-ring (bicyclic) bond motifs is 1. The Labute approximate surface area is 114 Å². The van der Waals surface area contributed by atoms with Gasteiger partial charge in [-0.3, -0.25) is 4.40 Å². The second kappa shape index (κ2) is 4.99. The number of rotatable bonds is 3. The minimum absolute atomic E-state index is 0.465. The van der Waals surface area contributed by atoms with E-state index >= 15 is 0 Å². The van der Waals surface area contributed by atoms with E-state index in [1.807, 2.05) is 47.9 Å². The van der Waals surface area contributed by atoms with Gasteiger partial charge in [0, 0.05) is 18.4 Å². The Bertz CT molecular complexity index is 722. The number of aryl methyl sites for hydroxylation is 1. The second-order valence-electron chi connectivity index (χ2n) is 4.13. The van der Waals surface area contributed by atoms with Crippen molar-refractivity contribution in [3.05, 3.63) is 47.8 Å². The summed E-state index contributed by atoms with van der Waals surface area (Å²) in [6.45, 7) is 2.43. The van der Waals surface area contributed by atoms with Crippen molar-refractivity contribution >= 4 is 17.4 Å². The zero-order valence-electron chi connectivity index (χ0n) is 10.4. The van der Waals surface area contributed by atoms with Gasteiger partial charge in [-0.05, 0) is 42.4 Å². The molecule has 0 aliphatic carbocycles. The molecule has 6 heteroatoms. The Kier molecular flexibility index (Phi) is 3.18. The third kappa shape index (κ3) is 2.32. The fraction of sp³-hybridized carbons (Fsp3) is 0.154. The van der Waals surface area contributed by atoms with Crippen LogP contribution in [0.3, 0.4) is 0 Å². The first-order valence-electron chi connectivity index (χ1n) is 5.92. The summed E-state index contributed by atoms with van der Waals surface area (Å²) in [5.74, 6) is 0. The molecular weight excluding hydrogens is 258 g/mol. The van der Waals surface area contributed by atoms with Gasteiger partial charge in [0.05, 0.1) is 0 Å². The predicted octanol–water partition coefficient (Wildman–Crippen LogP) is 2.04. The standard InChI is InChI=1S/C13H13N5S/c1-9-5-6-10(8-14)12(15-9)19-13-17-16-11-4-2-3-7-18(11)13/h2-7H,8,14H2,1H3. The maximum atomic E-state index is 5.75. The minimum Gasteiger partial charge on any atom is -0.326 e. The van der Waals surface area contributed by atoms with Gasteiger partial charge < -0.3 is 5.73 Å². The van der Waals surface area contributed by atoms with Crippen LogP contribution in [0.5, 0.6) is 0 Å². The highest BCUT2D eigenvalue weighted by Crippen LogP contribution is 2.27. The van der Waals surface area contributed by atoms with E-state index in [0.29, 0.717) is 6.54 Å². The summed E-state index contributed by atoms with van der Waals surface area (Å²) in [6, 6.07) is 9.79. The van der Waals surface area contributed by atoms with Crippen LogP contribution in [0.4, 0.5) is 0 Å². The Hall–Kier alpha value is -1.92. The van der Waals surface area contributed by atoms with Crippen LogP contribution in [0.2, 0.25) is 0 Å². The van der Waals surface area contributed by atoms with Gasteiger partial charge in [0.15, 0.2) is 5.65 Å². The van der Waals surface area contributed by atoms with Crippen molar-refractivity contribution in [3.8, 4) is 0 Å². The third-order valence-corrected chi connectivity index (χ3v) is 3.78. The van der Waals surface area contributed by atoms with E-state index < -0.39 is 0 Å². The van der Waals surface area contributed by atoms with Crippen LogP contribution < -0.4 is 5.73 Å². The normalized spacial score (nSPS) is 11.1. The lowest BCUT2D eigenvalue weighted by atomic mass is 10.2. The van der Waals surface area contributed by atoms with Gasteiger partial charge >= 0.3 is 0 Å². The molecule has 3 heterocycles. The van der Waals surface area contributed by atoms with Crippen molar-refractivity contribution < 1.29 is 0 Å². The average Bonchev–Trinajstić information content (AvgIpc) is 2.83. The van der Waals surface area contributed by atoms with E-state index in [9.17, 15) is 0 Å². The van der Waals surface area contributed by atoms with E-state index in [2.05, 4.69) is 15.2 Å². The molecule has 3 aromatic rings. The first-order valence-corrected chi connectivity index (χ1v) is 6.74. The molecule has 3 rings (SSSR count). The zero-order chi connectivity index (χ0) is 13.2. The highest BCUT2D eigenvalue weighted by Gasteiger charge is 2.11. The molecule has 2 N–H and O–H groups in total. The van der Waals surface area contributed by atoms with Gasteiger partial charge in [-0.15, -0.1) is 10.2 Å². The van der Waals surface area contributed by atoms with Crippen LogP contribution in [0.25, 0.3) is 5.65 Å². The summed E-state index contributed by atoms with van der Waals surface area (Å²) in [4.78, 5) is 4.53. The van der Waals surface area contributed by atoms with Crippen molar-refractivity contribution in [2.24, 2.45) is 5.73 Å². The molecule has 0 saturated heterocycles. The number of pyridine rings is 2. The van der Waals surface area contributed by atoms with Gasteiger partial charge in [0.25, 0.3) is 0 Å². The molecule has 0 aliphatic heterocycles. The van der Waals surface area contributed by atoms with Crippen molar-refractivity contribution in [2.75, 3.05) is 0 Å². The lowest BCUT2D eigenvalue weighted by molar-refractivity contribution is 0.899. The largest absolute Gasteiger partial charge is 0.326 e. The SMILES string of the molecule is Cc1ccc(CN)c(Sc2nnc3ccccn23)n1. The van der Waals surface area contributed by atoms with Crippen LogP contribution in [-0.2, 0) is 6.54 Å². The van der Waals surface area contributed by atoms with Crippen molar-refractivity contribution in [3.63, 3.8) is 0 Å². The fourth-order valence-electron chi connectivity index (χ4n) is 1.78. The molecule has 0 atom stereocenters. The molecule has 0 aromatic carbocycles. The Balaban J connectivity index is 2.03. The molecule has 3 aromatic heterocycles. The molecule has 0 bridgehead atoms. The maximum Gasteiger partial charge on any atom is 0.201 e. The molecule has 19 heavy (non-hydrogen) atoms. The lowest BCUT2D eigenvalue weighted by Gasteiger charge is -2.06. The number of nitrogens with two attached hydrogens (primary N) is 1. The zero-order valence-corrected chi connectivity index (χ0v) is 11.3. The van der Waals surface area contributed by atoms with E-state index in [4.69, 9.17) is 5.73 Å². The maximum absolute atomic E-state index is 5.75. The van der Waals surface area contributed by atoms with Crippen molar-refractivity contribution in [1.82, 2.24) is 19.6 Å². The van der Waals surface area contributed by atoms with Gasteiger partial charge in [-0.1, -0.05) is 12.1 Å². The number of nitrogens with zero attached hydrogens (tertiary/aromatic N) is 4. The smallest absolute Gasteiger partial charge is 0.201 e. The number of hydrogen-bond donors (Lipinski definition) is 1. The first kappa shape index (κ1) is 12.1. The summed E-state index contributed by atoms with van der Waals surface area (Å²) in [7, 11) is 0. The quantitative estimate of drug-likeness (QED) is 0.789. The van der Waals surface area contributed by atoms with Gasteiger partial charge in [-0.2, -0.15) is 0 Å². The van der Waals surface area contributed by atoms with E-state index in [0.717, 1.165) is 27.1 Å². The summed E-state index contributed by atoms with van der Waals surface area (Å²) < 4.78 is 1.94. The van der Waals surface area contributed by atoms with Gasteiger partial charge in [-0.25, -0.2) is 4.98 Å². The van der Waals surface area contributed by atoms with Crippen LogP contribution in [0.15, 0.2) is 46.7 Å². The van der Waals surface area contributed by atoms with E-state index in [-0.39, 0.29) is 0 Å². The molecule has 0 unspecified atom stereocenters.